The Bertz CT molecular complexity index is 1250. The normalized spacial score (nSPS) is 15.6. The van der Waals surface area contributed by atoms with Crippen molar-refractivity contribution in [3.8, 4) is 17.2 Å². The van der Waals surface area contributed by atoms with Crippen LogP contribution in [0.15, 0.2) is 74.0 Å². The molecule has 7 nitrogen and oxygen atoms in total. The fraction of sp³-hybridized carbons (Fsp3) is 0.217. The predicted octanol–water partition coefficient (Wildman–Crippen LogP) is 5.73. The van der Waals surface area contributed by atoms with Gasteiger partial charge in [-0.1, -0.05) is 36.0 Å². The second kappa shape index (κ2) is 9.90. The average molecular weight is 497 g/mol. The smallest absolute Gasteiger partial charge is 0.277 e. The van der Waals surface area contributed by atoms with Crippen molar-refractivity contribution in [2.24, 2.45) is 5.10 Å². The highest BCUT2D eigenvalue weighted by Crippen LogP contribution is 2.37. The Balaban J connectivity index is 1.30. The molecule has 0 fully saturated rings. The van der Waals surface area contributed by atoms with E-state index in [1.165, 1.54) is 11.8 Å². The summed E-state index contributed by atoms with van der Waals surface area (Å²) in [5, 5.41) is 18.9. The molecule has 10 heteroatoms. The van der Waals surface area contributed by atoms with Crippen LogP contribution in [0.1, 0.15) is 29.1 Å². The molecule has 0 saturated carbocycles. The van der Waals surface area contributed by atoms with E-state index in [9.17, 15) is 4.79 Å². The summed E-state index contributed by atoms with van der Waals surface area (Å²) in [5.41, 5.74) is 1.67. The lowest BCUT2D eigenvalue weighted by atomic mass is 10.1. The van der Waals surface area contributed by atoms with Crippen LogP contribution in [0.4, 0.5) is 0 Å². The quantitative estimate of drug-likeness (QED) is 0.290. The van der Waals surface area contributed by atoms with Gasteiger partial charge in [0.2, 0.25) is 0 Å². The van der Waals surface area contributed by atoms with Crippen molar-refractivity contribution >= 4 is 46.1 Å². The molecule has 1 amide bonds. The number of rotatable bonds is 8. The fourth-order valence-corrected chi connectivity index (χ4v) is 5.67. The van der Waals surface area contributed by atoms with Gasteiger partial charge in [-0.2, -0.15) is 5.10 Å². The van der Waals surface area contributed by atoms with Crippen LogP contribution in [0.2, 0.25) is 0 Å². The number of carbonyl (C=O) groups excluding carboxylic acids is 1. The van der Waals surface area contributed by atoms with Gasteiger partial charge >= 0.3 is 0 Å². The fourth-order valence-electron chi connectivity index (χ4n) is 3.53. The summed E-state index contributed by atoms with van der Waals surface area (Å²) >= 11 is 4.49. The number of hydrogen-bond acceptors (Lipinski definition) is 9. The highest BCUT2D eigenvalue weighted by molar-refractivity contribution is 7.99. The number of nitrogens with zero attached hydrogens (tertiary/aromatic N) is 4. The molecular formula is C23H20N4O3S3. The summed E-state index contributed by atoms with van der Waals surface area (Å²) in [6.45, 7) is 2.46. The molecule has 0 saturated heterocycles. The zero-order valence-electron chi connectivity index (χ0n) is 17.7. The van der Waals surface area contributed by atoms with Crippen LogP contribution >= 0.6 is 34.4 Å². The first-order valence-electron chi connectivity index (χ1n) is 10.4. The van der Waals surface area contributed by atoms with Crippen LogP contribution in [-0.2, 0) is 4.79 Å². The molecule has 3 aromatic heterocycles. The maximum Gasteiger partial charge on any atom is 0.277 e. The number of benzene rings is 1. The Kier molecular flexibility index (Phi) is 6.56. The number of ether oxygens (including phenoxy) is 1. The second-order valence-electron chi connectivity index (χ2n) is 7.09. The number of amides is 1. The number of hydrogen-bond donors (Lipinski definition) is 0. The summed E-state index contributed by atoms with van der Waals surface area (Å²) < 4.78 is 11.5. The lowest BCUT2D eigenvalue weighted by Crippen LogP contribution is -2.28. The molecule has 0 radical (unpaired) electrons. The molecule has 4 heterocycles. The van der Waals surface area contributed by atoms with E-state index < -0.39 is 0 Å². The summed E-state index contributed by atoms with van der Waals surface area (Å²) in [5.74, 6) is 1.10. The lowest BCUT2D eigenvalue weighted by Gasteiger charge is -2.20. The number of aromatic nitrogens is 2. The van der Waals surface area contributed by atoms with Gasteiger partial charge in [0.15, 0.2) is 0 Å². The van der Waals surface area contributed by atoms with Gasteiger partial charge in [0.1, 0.15) is 5.75 Å². The molecule has 1 aliphatic rings. The molecule has 0 spiro atoms. The van der Waals surface area contributed by atoms with Crippen molar-refractivity contribution in [1.82, 2.24) is 15.2 Å². The Morgan fingerprint density at radius 3 is 2.79 bits per heavy atom. The molecule has 0 bridgehead atoms. The van der Waals surface area contributed by atoms with Crippen LogP contribution in [-0.4, -0.2) is 39.2 Å². The standard InChI is InChI=1S/C23H20N4O3S3/c1-2-29-18-8-4-3-7-15(18)22-24-25-23(30-22)33-14-21(28)27-17(20-10-6-12-32-20)13-16(26-27)19-9-5-11-31-19/h3-12,17H,2,13-14H2,1H3/t17-/m1/s1. The summed E-state index contributed by atoms with van der Waals surface area (Å²) in [6, 6.07) is 15.5. The largest absolute Gasteiger partial charge is 0.493 e. The van der Waals surface area contributed by atoms with Crippen molar-refractivity contribution in [3.05, 3.63) is 69.0 Å². The minimum absolute atomic E-state index is 0.0912. The van der Waals surface area contributed by atoms with Gasteiger partial charge in [-0.3, -0.25) is 4.79 Å². The first-order valence-corrected chi connectivity index (χ1v) is 13.1. The lowest BCUT2D eigenvalue weighted by molar-refractivity contribution is -0.130. The SMILES string of the molecule is CCOc1ccccc1-c1nnc(SCC(=O)N2N=C(c3cccs3)C[C@@H]2c2cccs2)o1. The third-order valence-corrected chi connectivity index (χ3v) is 7.68. The van der Waals surface area contributed by atoms with Gasteiger partial charge in [-0.05, 0) is 41.9 Å². The van der Waals surface area contributed by atoms with Gasteiger partial charge in [-0.15, -0.1) is 32.9 Å². The summed E-state index contributed by atoms with van der Waals surface area (Å²) in [4.78, 5) is 15.4. The molecular weight excluding hydrogens is 476 g/mol. The third-order valence-electron chi connectivity index (χ3n) is 4.99. The summed E-state index contributed by atoms with van der Waals surface area (Å²) in [6.07, 6.45) is 0.705. The van der Waals surface area contributed by atoms with E-state index in [4.69, 9.17) is 9.15 Å². The number of thiophene rings is 2. The minimum atomic E-state index is -0.0978. The third kappa shape index (κ3) is 4.73. The number of para-hydroxylation sites is 1. The molecule has 1 atom stereocenters. The van der Waals surface area contributed by atoms with Crippen LogP contribution in [0.5, 0.6) is 5.75 Å². The highest BCUT2D eigenvalue weighted by Gasteiger charge is 2.34. The van der Waals surface area contributed by atoms with Gasteiger partial charge in [0.25, 0.3) is 17.0 Å². The predicted molar refractivity (Wildman–Crippen MR) is 131 cm³/mol. The zero-order valence-corrected chi connectivity index (χ0v) is 20.2. The number of hydrazone groups is 1. The van der Waals surface area contributed by atoms with Gasteiger partial charge in [-0.25, -0.2) is 5.01 Å². The molecule has 0 unspecified atom stereocenters. The molecule has 0 aliphatic carbocycles. The molecule has 168 valence electrons. The highest BCUT2D eigenvalue weighted by atomic mass is 32.2. The monoisotopic (exact) mass is 496 g/mol. The molecule has 4 aromatic rings. The first-order chi connectivity index (χ1) is 16.2. The van der Waals surface area contributed by atoms with Gasteiger partial charge in [0, 0.05) is 11.3 Å². The molecule has 1 aromatic carbocycles. The van der Waals surface area contributed by atoms with Crippen molar-refractivity contribution in [2.45, 2.75) is 24.6 Å². The van der Waals surface area contributed by atoms with E-state index in [2.05, 4.69) is 21.4 Å². The van der Waals surface area contributed by atoms with Crippen LogP contribution in [0, 0.1) is 0 Å². The maximum atomic E-state index is 13.2. The molecule has 1 aliphatic heterocycles. The van der Waals surface area contributed by atoms with E-state index in [0.717, 1.165) is 21.0 Å². The Labute approximate surface area is 203 Å². The van der Waals surface area contributed by atoms with Crippen molar-refractivity contribution in [1.29, 1.82) is 0 Å². The molecule has 0 N–H and O–H groups in total. The average Bonchev–Trinajstić information content (AvgIpc) is 3.63. The minimum Gasteiger partial charge on any atom is -0.493 e. The van der Waals surface area contributed by atoms with E-state index in [1.807, 2.05) is 60.1 Å². The number of carbonyl (C=O) groups is 1. The summed E-state index contributed by atoms with van der Waals surface area (Å²) in [7, 11) is 0. The van der Waals surface area contributed by atoms with E-state index in [-0.39, 0.29) is 17.7 Å². The van der Waals surface area contributed by atoms with Crippen LogP contribution in [0.3, 0.4) is 0 Å². The van der Waals surface area contributed by atoms with Gasteiger partial charge in [0.05, 0.1) is 34.6 Å². The zero-order chi connectivity index (χ0) is 22.6. The Morgan fingerprint density at radius 2 is 2.00 bits per heavy atom. The van der Waals surface area contributed by atoms with Gasteiger partial charge < -0.3 is 9.15 Å². The first kappa shape index (κ1) is 21.9. The molecule has 5 rings (SSSR count). The number of thioether (sulfide) groups is 1. The van der Waals surface area contributed by atoms with Crippen LogP contribution in [0.25, 0.3) is 11.5 Å². The second-order valence-corrected chi connectivity index (χ2v) is 9.94. The Morgan fingerprint density at radius 1 is 1.15 bits per heavy atom. The van der Waals surface area contributed by atoms with Crippen molar-refractivity contribution < 1.29 is 13.9 Å². The van der Waals surface area contributed by atoms with E-state index >= 15 is 0 Å². The van der Waals surface area contributed by atoms with E-state index in [0.29, 0.717) is 29.9 Å². The molecule has 33 heavy (non-hydrogen) atoms. The van der Waals surface area contributed by atoms with Crippen molar-refractivity contribution in [2.75, 3.05) is 12.4 Å². The van der Waals surface area contributed by atoms with Crippen molar-refractivity contribution in [3.63, 3.8) is 0 Å². The van der Waals surface area contributed by atoms with E-state index in [1.54, 1.807) is 27.7 Å². The Hall–Kier alpha value is -2.95. The topological polar surface area (TPSA) is 80.8 Å². The van der Waals surface area contributed by atoms with Crippen LogP contribution < -0.4 is 4.74 Å². The maximum absolute atomic E-state index is 13.2.